The normalized spacial score (nSPS) is 12.9. The zero-order valence-electron chi connectivity index (χ0n) is 17.9. The molecular weight excluding hydrogens is 417 g/mol. The molecule has 0 saturated heterocycles. The first-order valence-corrected chi connectivity index (χ1v) is 10.8. The number of hydrogen-bond donors (Lipinski definition) is 1. The minimum Gasteiger partial charge on any atom is -0.471 e. The highest BCUT2D eigenvalue weighted by Gasteiger charge is 2.17. The minimum absolute atomic E-state index is 0.0131. The van der Waals surface area contributed by atoms with Crippen LogP contribution in [0.2, 0.25) is 5.02 Å². The molecule has 1 amide bonds. The molecule has 164 valence electrons. The molecule has 0 spiro atoms. The lowest BCUT2D eigenvalue weighted by molar-refractivity contribution is 0.0928. The van der Waals surface area contributed by atoms with Crippen LogP contribution in [0.1, 0.15) is 67.2 Å². The van der Waals surface area contributed by atoms with Crippen molar-refractivity contribution in [3.63, 3.8) is 0 Å². The fourth-order valence-electron chi connectivity index (χ4n) is 3.21. The summed E-state index contributed by atoms with van der Waals surface area (Å²) < 4.78 is 20.3. The SMILES string of the molecule is CCC(C)c1ccc(C(CC)NC(=O)c2ccn(COc3ccc(F)c(Cl)c3)n2)cc1. The predicted octanol–water partition coefficient (Wildman–Crippen LogP) is 6.11. The van der Waals surface area contributed by atoms with Crippen molar-refractivity contribution in [1.82, 2.24) is 15.1 Å². The number of benzene rings is 2. The third kappa shape index (κ3) is 5.85. The van der Waals surface area contributed by atoms with Gasteiger partial charge >= 0.3 is 0 Å². The molecule has 0 aliphatic heterocycles. The smallest absolute Gasteiger partial charge is 0.272 e. The van der Waals surface area contributed by atoms with Crippen LogP contribution >= 0.6 is 11.6 Å². The molecule has 31 heavy (non-hydrogen) atoms. The number of nitrogens with zero attached hydrogens (tertiary/aromatic N) is 2. The molecular formula is C24H27ClFN3O2. The molecule has 0 radical (unpaired) electrons. The Balaban J connectivity index is 1.60. The van der Waals surface area contributed by atoms with E-state index in [1.165, 1.54) is 28.4 Å². The summed E-state index contributed by atoms with van der Waals surface area (Å²) in [5, 5.41) is 7.30. The Hall–Kier alpha value is -2.86. The fraction of sp³-hybridized carbons (Fsp3) is 0.333. The Morgan fingerprint density at radius 3 is 2.48 bits per heavy atom. The molecule has 1 heterocycles. The van der Waals surface area contributed by atoms with Gasteiger partial charge in [-0.15, -0.1) is 0 Å². The number of hydrogen-bond acceptors (Lipinski definition) is 3. The molecule has 2 atom stereocenters. The summed E-state index contributed by atoms with van der Waals surface area (Å²) in [5.41, 5.74) is 2.67. The van der Waals surface area contributed by atoms with Gasteiger partial charge in [-0.05, 0) is 48.1 Å². The van der Waals surface area contributed by atoms with Crippen molar-refractivity contribution in [2.24, 2.45) is 0 Å². The lowest BCUT2D eigenvalue weighted by Gasteiger charge is -2.18. The number of aromatic nitrogens is 2. The maximum absolute atomic E-state index is 13.2. The van der Waals surface area contributed by atoms with E-state index in [9.17, 15) is 9.18 Å². The van der Waals surface area contributed by atoms with Gasteiger partial charge in [0.2, 0.25) is 0 Å². The van der Waals surface area contributed by atoms with Crippen molar-refractivity contribution >= 4 is 17.5 Å². The molecule has 1 N–H and O–H groups in total. The Bertz CT molecular complexity index is 1020. The molecule has 0 aliphatic carbocycles. The molecule has 0 bridgehead atoms. The van der Waals surface area contributed by atoms with Crippen LogP contribution in [0.5, 0.6) is 5.75 Å². The maximum Gasteiger partial charge on any atom is 0.272 e. The first-order valence-electron chi connectivity index (χ1n) is 10.4. The minimum atomic E-state index is -0.507. The average molecular weight is 444 g/mol. The van der Waals surface area contributed by atoms with Gasteiger partial charge in [0.1, 0.15) is 17.3 Å². The van der Waals surface area contributed by atoms with E-state index >= 15 is 0 Å². The van der Waals surface area contributed by atoms with Gasteiger partial charge in [0.25, 0.3) is 5.91 Å². The van der Waals surface area contributed by atoms with Gasteiger partial charge in [-0.2, -0.15) is 5.10 Å². The molecule has 3 aromatic rings. The van der Waals surface area contributed by atoms with Gasteiger partial charge in [0, 0.05) is 12.3 Å². The first kappa shape index (κ1) is 22.8. The van der Waals surface area contributed by atoms with Crippen LogP contribution < -0.4 is 10.1 Å². The molecule has 5 nitrogen and oxygen atoms in total. The number of carbonyl (C=O) groups is 1. The average Bonchev–Trinajstić information content (AvgIpc) is 3.27. The van der Waals surface area contributed by atoms with E-state index in [0.29, 0.717) is 17.4 Å². The highest BCUT2D eigenvalue weighted by Crippen LogP contribution is 2.23. The lowest BCUT2D eigenvalue weighted by atomic mass is 9.95. The number of rotatable bonds is 9. The molecule has 3 rings (SSSR count). The van der Waals surface area contributed by atoms with Crippen LogP contribution in [0.25, 0.3) is 0 Å². The third-order valence-electron chi connectivity index (χ3n) is 5.36. The monoisotopic (exact) mass is 443 g/mol. The van der Waals surface area contributed by atoms with Crippen molar-refractivity contribution in [3.8, 4) is 5.75 Å². The number of ether oxygens (including phenoxy) is 1. The predicted molar refractivity (Wildman–Crippen MR) is 120 cm³/mol. The third-order valence-corrected chi connectivity index (χ3v) is 5.65. The zero-order chi connectivity index (χ0) is 22.4. The summed E-state index contributed by atoms with van der Waals surface area (Å²) in [5.74, 6) is 0.175. The van der Waals surface area contributed by atoms with Crippen LogP contribution in [0.3, 0.4) is 0 Å². The summed E-state index contributed by atoms with van der Waals surface area (Å²) in [6, 6.07) is 14.1. The fourth-order valence-corrected chi connectivity index (χ4v) is 3.38. The first-order chi connectivity index (χ1) is 14.9. The Kier molecular flexibility index (Phi) is 7.69. The van der Waals surface area contributed by atoms with Crippen LogP contribution in [-0.2, 0) is 6.73 Å². The second kappa shape index (κ2) is 10.4. The van der Waals surface area contributed by atoms with Crippen molar-refractivity contribution in [2.75, 3.05) is 0 Å². The van der Waals surface area contributed by atoms with Crippen LogP contribution in [-0.4, -0.2) is 15.7 Å². The van der Waals surface area contributed by atoms with Crippen molar-refractivity contribution in [2.45, 2.75) is 52.3 Å². The Morgan fingerprint density at radius 2 is 1.84 bits per heavy atom. The lowest BCUT2D eigenvalue weighted by Crippen LogP contribution is -2.28. The molecule has 0 fully saturated rings. The van der Waals surface area contributed by atoms with E-state index < -0.39 is 5.82 Å². The Labute approximate surface area is 187 Å². The second-order valence-corrected chi connectivity index (χ2v) is 7.91. The van der Waals surface area contributed by atoms with Gasteiger partial charge in [-0.1, -0.05) is 56.6 Å². The van der Waals surface area contributed by atoms with Gasteiger partial charge in [0.05, 0.1) is 11.1 Å². The summed E-state index contributed by atoms with van der Waals surface area (Å²) in [6.45, 7) is 6.49. The van der Waals surface area contributed by atoms with E-state index in [1.807, 2.05) is 6.92 Å². The Morgan fingerprint density at radius 1 is 1.13 bits per heavy atom. The molecule has 0 aliphatic rings. The van der Waals surface area contributed by atoms with Crippen molar-refractivity contribution < 1.29 is 13.9 Å². The van der Waals surface area contributed by atoms with Crippen molar-refractivity contribution in [1.29, 1.82) is 0 Å². The molecule has 2 aromatic carbocycles. The summed E-state index contributed by atoms with van der Waals surface area (Å²) in [7, 11) is 0. The topological polar surface area (TPSA) is 56.2 Å². The number of halogens is 2. The highest BCUT2D eigenvalue weighted by atomic mass is 35.5. The maximum atomic E-state index is 13.2. The number of carbonyl (C=O) groups excluding carboxylic acids is 1. The van der Waals surface area contributed by atoms with E-state index in [2.05, 4.69) is 48.5 Å². The molecule has 0 saturated carbocycles. The quantitative estimate of drug-likeness (QED) is 0.434. The van der Waals surface area contributed by atoms with Gasteiger partial charge < -0.3 is 10.1 Å². The van der Waals surface area contributed by atoms with E-state index in [4.69, 9.17) is 16.3 Å². The summed E-state index contributed by atoms with van der Waals surface area (Å²) in [6.07, 6.45) is 3.51. The van der Waals surface area contributed by atoms with Crippen LogP contribution in [0, 0.1) is 5.82 Å². The van der Waals surface area contributed by atoms with Crippen molar-refractivity contribution in [3.05, 3.63) is 82.4 Å². The highest BCUT2D eigenvalue weighted by molar-refractivity contribution is 6.30. The molecule has 2 unspecified atom stereocenters. The van der Waals surface area contributed by atoms with Crippen LogP contribution in [0.4, 0.5) is 4.39 Å². The van der Waals surface area contributed by atoms with E-state index in [-0.39, 0.29) is 23.7 Å². The second-order valence-electron chi connectivity index (χ2n) is 7.50. The van der Waals surface area contributed by atoms with E-state index in [0.717, 1.165) is 18.4 Å². The summed E-state index contributed by atoms with van der Waals surface area (Å²) >= 11 is 5.75. The van der Waals surface area contributed by atoms with Crippen LogP contribution in [0.15, 0.2) is 54.7 Å². The van der Waals surface area contributed by atoms with E-state index in [1.54, 1.807) is 12.3 Å². The standard InChI is InChI=1S/C24H27ClFN3O2/c1-4-16(3)17-6-8-18(9-7-17)22(5-2)27-24(30)23-12-13-29(28-23)15-31-19-10-11-21(26)20(25)14-19/h6-14,16,22H,4-5,15H2,1-3H3,(H,27,30). The zero-order valence-corrected chi connectivity index (χ0v) is 18.7. The van der Waals surface area contributed by atoms with Gasteiger partial charge in [-0.3, -0.25) is 4.79 Å². The molecule has 7 heteroatoms. The molecule has 1 aromatic heterocycles. The number of amides is 1. The largest absolute Gasteiger partial charge is 0.471 e. The van der Waals surface area contributed by atoms with Gasteiger partial charge in [-0.25, -0.2) is 9.07 Å². The summed E-state index contributed by atoms with van der Waals surface area (Å²) in [4.78, 5) is 12.7. The van der Waals surface area contributed by atoms with Gasteiger partial charge in [0.15, 0.2) is 6.73 Å². The number of nitrogens with one attached hydrogen (secondary N) is 1.